The Bertz CT molecular complexity index is 170. The Balaban J connectivity index is 2.59. The van der Waals surface area contributed by atoms with E-state index >= 15 is 0 Å². The van der Waals surface area contributed by atoms with Crippen LogP contribution in [0, 0.1) is 0 Å². The molecule has 0 aliphatic carbocycles. The van der Waals surface area contributed by atoms with Crippen molar-refractivity contribution in [3.63, 3.8) is 0 Å². The predicted molar refractivity (Wildman–Crippen MR) is 42.5 cm³/mol. The molecule has 0 atom stereocenters. The molecule has 0 aromatic heterocycles. The lowest BCUT2D eigenvalue weighted by molar-refractivity contribution is 0.688. The van der Waals surface area contributed by atoms with E-state index in [1.165, 1.54) is 0 Å². The van der Waals surface area contributed by atoms with Crippen molar-refractivity contribution in [2.45, 2.75) is 6.92 Å². The number of allylic oxidation sites excluding steroid dienone is 1. The smallest absolute Gasteiger partial charge is 0.0758 e. The summed E-state index contributed by atoms with van der Waals surface area (Å²) in [6.07, 6.45) is 5.97. The Morgan fingerprint density at radius 3 is 3.00 bits per heavy atom. The lowest BCUT2D eigenvalue weighted by Crippen LogP contribution is -1.99. The summed E-state index contributed by atoms with van der Waals surface area (Å²) < 4.78 is 0. The molecule has 1 aliphatic rings. The average molecular weight is 139 g/mol. The number of rotatable bonds is 1. The molecule has 0 amide bonds. The van der Waals surface area contributed by atoms with Crippen LogP contribution in [-0.4, -0.2) is 4.90 Å². The van der Waals surface area contributed by atoms with E-state index in [1.807, 2.05) is 35.7 Å². The summed E-state index contributed by atoms with van der Waals surface area (Å²) in [5.41, 5.74) is 0. The second-order valence-corrected chi connectivity index (χ2v) is 2.67. The van der Waals surface area contributed by atoms with E-state index < -0.39 is 0 Å². The first-order chi connectivity index (χ1) is 4.34. The Morgan fingerprint density at radius 1 is 1.78 bits per heavy atom. The largest absolute Gasteiger partial charge is 0.318 e. The molecule has 48 valence electrons. The predicted octanol–water partition coefficient (Wildman–Crippen LogP) is 2.51. The van der Waals surface area contributed by atoms with Gasteiger partial charge >= 0.3 is 0 Å². The van der Waals surface area contributed by atoms with Crippen molar-refractivity contribution < 1.29 is 0 Å². The van der Waals surface area contributed by atoms with Gasteiger partial charge < -0.3 is 4.90 Å². The maximum atomic E-state index is 3.83. The normalized spacial score (nSPS) is 18.3. The summed E-state index contributed by atoms with van der Waals surface area (Å²) in [7, 11) is 0. The van der Waals surface area contributed by atoms with Gasteiger partial charge in [0.2, 0.25) is 0 Å². The van der Waals surface area contributed by atoms with E-state index in [0.29, 0.717) is 0 Å². The Kier molecular flexibility index (Phi) is 2.01. The Morgan fingerprint density at radius 2 is 2.56 bits per heavy atom. The minimum absolute atomic E-state index is 1.06. The van der Waals surface area contributed by atoms with Crippen molar-refractivity contribution in [2.75, 3.05) is 0 Å². The van der Waals surface area contributed by atoms with Gasteiger partial charge in [0.05, 0.1) is 5.03 Å². The third-order valence-corrected chi connectivity index (χ3v) is 1.76. The van der Waals surface area contributed by atoms with E-state index in [9.17, 15) is 0 Å². The molecule has 9 heavy (non-hydrogen) atoms. The molecular weight excluding hydrogens is 130 g/mol. The van der Waals surface area contributed by atoms with Crippen molar-refractivity contribution >= 4 is 11.8 Å². The molecule has 1 aliphatic heterocycles. The van der Waals surface area contributed by atoms with Crippen LogP contribution in [-0.2, 0) is 0 Å². The van der Waals surface area contributed by atoms with E-state index in [2.05, 4.69) is 6.58 Å². The summed E-state index contributed by atoms with van der Waals surface area (Å²) in [6, 6.07) is 0. The summed E-state index contributed by atoms with van der Waals surface area (Å²) in [5, 5.41) is 3.08. The zero-order valence-electron chi connectivity index (χ0n) is 5.37. The van der Waals surface area contributed by atoms with E-state index in [1.54, 1.807) is 11.8 Å². The van der Waals surface area contributed by atoms with E-state index in [0.717, 1.165) is 5.03 Å². The van der Waals surface area contributed by atoms with Gasteiger partial charge in [0, 0.05) is 12.4 Å². The van der Waals surface area contributed by atoms with Gasteiger partial charge in [-0.15, -0.1) is 0 Å². The van der Waals surface area contributed by atoms with Crippen LogP contribution in [0.15, 0.2) is 35.5 Å². The fourth-order valence-corrected chi connectivity index (χ4v) is 1.20. The zero-order valence-corrected chi connectivity index (χ0v) is 6.19. The number of nitrogens with zero attached hydrogens (tertiary/aromatic N) is 1. The Hall–Kier alpha value is -0.630. The zero-order chi connectivity index (χ0) is 6.69. The highest BCUT2D eigenvalue weighted by Crippen LogP contribution is 2.26. The van der Waals surface area contributed by atoms with Crippen LogP contribution in [0.4, 0.5) is 0 Å². The minimum atomic E-state index is 1.06. The molecule has 0 radical (unpaired) electrons. The van der Waals surface area contributed by atoms with Gasteiger partial charge in [0.15, 0.2) is 0 Å². The van der Waals surface area contributed by atoms with Crippen molar-refractivity contribution in [1.29, 1.82) is 0 Å². The molecule has 1 rings (SSSR count). The molecule has 0 aromatic carbocycles. The van der Waals surface area contributed by atoms with E-state index in [-0.39, 0.29) is 0 Å². The monoisotopic (exact) mass is 139 g/mol. The standard InChI is InChI=1S/C7H9NS/c1-3-4-8-5-6-9-7(8)2/h3-6H,2H2,1H3/b4-3-. The van der Waals surface area contributed by atoms with Gasteiger partial charge in [0.1, 0.15) is 0 Å². The molecular formula is C7H9NS. The van der Waals surface area contributed by atoms with Gasteiger partial charge in [-0.2, -0.15) is 0 Å². The minimum Gasteiger partial charge on any atom is -0.318 e. The third kappa shape index (κ3) is 1.39. The summed E-state index contributed by atoms with van der Waals surface area (Å²) in [5.74, 6) is 0. The molecule has 0 aromatic rings. The van der Waals surface area contributed by atoms with Gasteiger partial charge in [-0.3, -0.25) is 0 Å². The van der Waals surface area contributed by atoms with Gasteiger partial charge in [-0.25, -0.2) is 0 Å². The van der Waals surface area contributed by atoms with Gasteiger partial charge in [-0.1, -0.05) is 24.4 Å². The molecule has 0 saturated carbocycles. The fraction of sp³-hybridized carbons (Fsp3) is 0.143. The molecule has 0 fully saturated rings. The number of thioether (sulfide) groups is 1. The molecule has 0 N–H and O–H groups in total. The molecule has 0 bridgehead atoms. The maximum Gasteiger partial charge on any atom is 0.0758 e. The van der Waals surface area contributed by atoms with Crippen LogP contribution in [0.1, 0.15) is 6.92 Å². The van der Waals surface area contributed by atoms with Crippen LogP contribution in [0.3, 0.4) is 0 Å². The summed E-state index contributed by atoms with van der Waals surface area (Å²) >= 11 is 1.64. The first-order valence-corrected chi connectivity index (χ1v) is 3.66. The molecule has 2 heteroatoms. The average Bonchev–Trinajstić information content (AvgIpc) is 2.18. The highest BCUT2D eigenvalue weighted by Gasteiger charge is 2.04. The van der Waals surface area contributed by atoms with Crippen molar-refractivity contribution in [1.82, 2.24) is 4.90 Å². The lowest BCUT2D eigenvalue weighted by Gasteiger charge is -2.08. The summed E-state index contributed by atoms with van der Waals surface area (Å²) in [6.45, 7) is 5.82. The number of hydrogen-bond donors (Lipinski definition) is 0. The maximum absolute atomic E-state index is 3.83. The highest BCUT2D eigenvalue weighted by atomic mass is 32.2. The van der Waals surface area contributed by atoms with Crippen LogP contribution in [0.5, 0.6) is 0 Å². The van der Waals surface area contributed by atoms with Crippen molar-refractivity contribution in [2.24, 2.45) is 0 Å². The van der Waals surface area contributed by atoms with Crippen molar-refractivity contribution in [3.05, 3.63) is 35.5 Å². The van der Waals surface area contributed by atoms with E-state index in [4.69, 9.17) is 0 Å². The fourth-order valence-electron chi connectivity index (χ4n) is 0.612. The first kappa shape index (κ1) is 6.49. The lowest BCUT2D eigenvalue weighted by atomic mass is 10.6. The second kappa shape index (κ2) is 2.78. The topological polar surface area (TPSA) is 3.24 Å². The molecule has 0 saturated heterocycles. The van der Waals surface area contributed by atoms with Crippen LogP contribution < -0.4 is 0 Å². The van der Waals surface area contributed by atoms with Crippen LogP contribution >= 0.6 is 11.8 Å². The molecule has 0 unspecified atom stereocenters. The van der Waals surface area contributed by atoms with Gasteiger partial charge in [0.25, 0.3) is 0 Å². The van der Waals surface area contributed by atoms with Crippen molar-refractivity contribution in [3.8, 4) is 0 Å². The van der Waals surface area contributed by atoms with Crippen LogP contribution in [0.2, 0.25) is 0 Å². The summed E-state index contributed by atoms with van der Waals surface area (Å²) in [4.78, 5) is 1.99. The molecule has 0 spiro atoms. The van der Waals surface area contributed by atoms with Gasteiger partial charge in [-0.05, 0) is 12.3 Å². The highest BCUT2D eigenvalue weighted by molar-refractivity contribution is 8.06. The molecule has 1 nitrogen and oxygen atoms in total. The second-order valence-electron chi connectivity index (χ2n) is 1.69. The molecule has 1 heterocycles. The Labute approximate surface area is 59.7 Å². The quantitative estimate of drug-likeness (QED) is 0.549. The SMILES string of the molecule is C=C1SC=CN1/C=C\C. The third-order valence-electron chi connectivity index (χ3n) is 1.02. The number of hydrogen-bond acceptors (Lipinski definition) is 2. The van der Waals surface area contributed by atoms with Crippen LogP contribution in [0.25, 0.3) is 0 Å². The first-order valence-electron chi connectivity index (χ1n) is 2.78.